The second-order valence-electron chi connectivity index (χ2n) is 14.5. The molecule has 6 atom stereocenters. The highest BCUT2D eigenvalue weighted by molar-refractivity contribution is 5.74. The Kier molecular flexibility index (Phi) is 6.69. The Morgan fingerprint density at radius 2 is 1.57 bits per heavy atom. The van der Waals surface area contributed by atoms with Crippen LogP contribution in [0.5, 0.6) is 0 Å². The molecule has 5 nitrogen and oxygen atoms in total. The van der Waals surface area contributed by atoms with E-state index in [9.17, 15) is 28.2 Å². The Bertz CT molecular complexity index is 1280. The van der Waals surface area contributed by atoms with Crippen molar-refractivity contribution in [3.8, 4) is 0 Å². The number of fused-ring (bicyclic) bond motifs is 4. The number of hydrogen-bond acceptors (Lipinski definition) is 5. The molecule has 4 fully saturated rings. The number of carbonyl (C=O) groups excluding carboxylic acids is 1. The molecule has 42 heavy (non-hydrogen) atoms. The highest BCUT2D eigenvalue weighted by Crippen LogP contribution is 2.71. The third kappa shape index (κ3) is 4.18. The van der Waals surface area contributed by atoms with Gasteiger partial charge < -0.3 is 19.7 Å². The standard InChI is InChI=1S/C32H39F5O5/c1-26(2)17-41-29(42-18-26)12-9-24-25-21(8-11-28(24,39)16-29)23-10-13-30(40,31(33,34)32(35,36)37)27(23,3)14-22(25)20-6-4-19(15-38)5-7-20/h4-7,15,21-23,39-40H,8-14,16-18H2,1-3H3/t21?,22-,23?,27+,28-,30+/m1/s1. The van der Waals surface area contributed by atoms with Crippen LogP contribution in [0.4, 0.5) is 22.0 Å². The molecule has 1 aliphatic heterocycles. The van der Waals surface area contributed by atoms with Gasteiger partial charge in [-0.15, -0.1) is 0 Å². The van der Waals surface area contributed by atoms with Crippen molar-refractivity contribution < 1.29 is 46.4 Å². The molecule has 0 aromatic heterocycles. The van der Waals surface area contributed by atoms with Gasteiger partial charge >= 0.3 is 12.1 Å². The Labute approximate surface area is 242 Å². The fourth-order valence-electron chi connectivity index (χ4n) is 9.11. The van der Waals surface area contributed by atoms with Crippen LogP contribution in [0.25, 0.3) is 0 Å². The van der Waals surface area contributed by atoms with Crippen LogP contribution in [-0.4, -0.2) is 58.8 Å². The van der Waals surface area contributed by atoms with Gasteiger partial charge in [-0.25, -0.2) is 0 Å². The van der Waals surface area contributed by atoms with Crippen molar-refractivity contribution in [1.82, 2.24) is 0 Å². The summed E-state index contributed by atoms with van der Waals surface area (Å²) in [6.45, 7) is 6.44. The van der Waals surface area contributed by atoms with Gasteiger partial charge in [0.15, 0.2) is 5.79 Å². The summed E-state index contributed by atoms with van der Waals surface area (Å²) in [7, 11) is 0. The maximum atomic E-state index is 15.2. The van der Waals surface area contributed by atoms with Crippen LogP contribution in [0.15, 0.2) is 35.4 Å². The first-order chi connectivity index (χ1) is 19.4. The molecule has 6 rings (SSSR count). The number of carbonyl (C=O) groups is 1. The van der Waals surface area contributed by atoms with Crippen molar-refractivity contribution in [3.63, 3.8) is 0 Å². The van der Waals surface area contributed by atoms with E-state index >= 15 is 8.78 Å². The fraction of sp³-hybridized carbons (Fsp3) is 0.719. The summed E-state index contributed by atoms with van der Waals surface area (Å²) >= 11 is 0. The van der Waals surface area contributed by atoms with E-state index in [1.54, 1.807) is 24.3 Å². The van der Waals surface area contributed by atoms with Crippen LogP contribution in [0.3, 0.4) is 0 Å². The molecule has 1 aromatic carbocycles. The fourth-order valence-corrected chi connectivity index (χ4v) is 9.11. The van der Waals surface area contributed by atoms with Crippen molar-refractivity contribution in [1.29, 1.82) is 0 Å². The van der Waals surface area contributed by atoms with Gasteiger partial charge in [-0.05, 0) is 61.5 Å². The van der Waals surface area contributed by atoms with Crippen molar-refractivity contribution in [2.75, 3.05) is 13.2 Å². The van der Waals surface area contributed by atoms with Gasteiger partial charge in [0, 0.05) is 35.2 Å². The Hall–Kier alpha value is -1.88. The quantitative estimate of drug-likeness (QED) is 0.230. The smallest absolute Gasteiger partial charge is 0.385 e. The Morgan fingerprint density at radius 3 is 2.17 bits per heavy atom. The van der Waals surface area contributed by atoms with E-state index in [1.165, 1.54) is 6.92 Å². The summed E-state index contributed by atoms with van der Waals surface area (Å²) in [6.07, 6.45) is -4.17. The van der Waals surface area contributed by atoms with Crippen LogP contribution in [-0.2, 0) is 9.47 Å². The lowest BCUT2D eigenvalue weighted by molar-refractivity contribution is -0.362. The van der Waals surface area contributed by atoms with Gasteiger partial charge in [-0.3, -0.25) is 4.79 Å². The number of ether oxygens (including phenoxy) is 2. The number of hydrogen-bond donors (Lipinski definition) is 2. The van der Waals surface area contributed by atoms with Gasteiger partial charge in [0.2, 0.25) is 0 Å². The minimum Gasteiger partial charge on any atom is -0.385 e. The van der Waals surface area contributed by atoms with Gasteiger partial charge in [-0.2, -0.15) is 22.0 Å². The molecule has 0 bridgehead atoms. The average Bonchev–Trinajstić information content (AvgIpc) is 3.20. The number of aliphatic hydroxyl groups is 2. The summed E-state index contributed by atoms with van der Waals surface area (Å²) in [5.74, 6) is -7.85. The average molecular weight is 599 g/mol. The number of rotatable bonds is 3. The molecule has 4 aliphatic carbocycles. The molecule has 1 saturated heterocycles. The van der Waals surface area contributed by atoms with E-state index in [2.05, 4.69) is 0 Å². The molecule has 0 amide bonds. The zero-order valence-electron chi connectivity index (χ0n) is 24.2. The summed E-state index contributed by atoms with van der Waals surface area (Å²) in [6, 6.07) is 6.59. The van der Waals surface area contributed by atoms with Crippen molar-refractivity contribution in [2.24, 2.45) is 22.7 Å². The van der Waals surface area contributed by atoms with Crippen molar-refractivity contribution in [3.05, 3.63) is 46.5 Å². The van der Waals surface area contributed by atoms with Crippen LogP contribution in [0.1, 0.15) is 94.0 Å². The molecule has 0 radical (unpaired) electrons. The largest absolute Gasteiger partial charge is 0.456 e. The zero-order chi connectivity index (χ0) is 30.6. The molecule has 1 spiro atoms. The topological polar surface area (TPSA) is 76.0 Å². The van der Waals surface area contributed by atoms with E-state index < -0.39 is 52.8 Å². The zero-order valence-corrected chi connectivity index (χ0v) is 24.2. The number of halogens is 5. The lowest BCUT2D eigenvalue weighted by atomic mass is 9.49. The van der Waals surface area contributed by atoms with Gasteiger partial charge in [0.05, 0.1) is 18.8 Å². The first-order valence-electron chi connectivity index (χ1n) is 14.9. The number of alkyl halides is 5. The minimum atomic E-state index is -5.90. The van der Waals surface area contributed by atoms with Crippen molar-refractivity contribution >= 4 is 6.29 Å². The lowest BCUT2D eigenvalue weighted by Gasteiger charge is -2.59. The highest BCUT2D eigenvalue weighted by Gasteiger charge is 2.79. The van der Waals surface area contributed by atoms with E-state index in [0.717, 1.165) is 11.1 Å². The predicted molar refractivity (Wildman–Crippen MR) is 143 cm³/mol. The first-order valence-corrected chi connectivity index (χ1v) is 14.9. The van der Waals surface area contributed by atoms with E-state index in [1.807, 2.05) is 13.8 Å². The maximum absolute atomic E-state index is 15.2. The molecule has 3 saturated carbocycles. The SMILES string of the molecule is CC1(C)COC2(CCC3=C4C(CC[C@@]3(O)C2)C2CC[C@@](O)(C(F)(F)C(F)(F)F)[C@@]2(C)C[C@@H]4c2ccc(C=O)cc2)OC1. The Balaban J connectivity index is 1.46. The van der Waals surface area contributed by atoms with Crippen LogP contribution >= 0.6 is 0 Å². The second-order valence-corrected chi connectivity index (χ2v) is 14.5. The molecule has 1 aromatic rings. The monoisotopic (exact) mass is 598 g/mol. The third-order valence-electron chi connectivity index (χ3n) is 11.4. The molecule has 232 valence electrons. The van der Waals surface area contributed by atoms with Gasteiger partial charge in [0.1, 0.15) is 11.9 Å². The van der Waals surface area contributed by atoms with Gasteiger partial charge in [-0.1, -0.05) is 50.6 Å². The summed E-state index contributed by atoms with van der Waals surface area (Å²) in [5, 5.41) is 23.6. The van der Waals surface area contributed by atoms with Crippen molar-refractivity contribution in [2.45, 2.75) is 107 Å². The van der Waals surface area contributed by atoms with E-state index in [0.29, 0.717) is 56.3 Å². The summed E-state index contributed by atoms with van der Waals surface area (Å²) < 4.78 is 84.2. The summed E-state index contributed by atoms with van der Waals surface area (Å²) in [4.78, 5) is 11.3. The van der Waals surface area contributed by atoms with E-state index in [4.69, 9.17) is 9.47 Å². The number of aldehydes is 1. The molecule has 5 aliphatic rings. The van der Waals surface area contributed by atoms with Crippen LogP contribution in [0.2, 0.25) is 0 Å². The maximum Gasteiger partial charge on any atom is 0.456 e. The summed E-state index contributed by atoms with van der Waals surface area (Å²) in [5.41, 5.74) is -3.71. The normalized spacial score (nSPS) is 39.4. The Morgan fingerprint density at radius 1 is 0.929 bits per heavy atom. The highest BCUT2D eigenvalue weighted by atomic mass is 19.4. The second kappa shape index (κ2) is 9.31. The predicted octanol–water partition coefficient (Wildman–Crippen LogP) is 6.72. The lowest BCUT2D eigenvalue weighted by Crippen LogP contribution is -2.65. The molecule has 2 N–H and O–H groups in total. The molecule has 10 heteroatoms. The third-order valence-corrected chi connectivity index (χ3v) is 11.4. The first kappa shape index (κ1) is 30.2. The molecular formula is C32H39F5O5. The van der Waals surface area contributed by atoms with Crippen LogP contribution < -0.4 is 0 Å². The molecular weight excluding hydrogens is 559 g/mol. The molecule has 2 unspecified atom stereocenters. The molecule has 1 heterocycles. The van der Waals surface area contributed by atoms with Crippen LogP contribution in [0, 0.1) is 22.7 Å². The minimum absolute atomic E-state index is 0.0284. The number of allylic oxidation sites excluding steroid dienone is 1. The van der Waals surface area contributed by atoms with Gasteiger partial charge in [0.25, 0.3) is 0 Å². The van der Waals surface area contributed by atoms with E-state index in [-0.39, 0.29) is 30.6 Å². The number of benzene rings is 1.